The van der Waals surface area contributed by atoms with Crippen molar-refractivity contribution in [1.82, 2.24) is 6.15 Å². The normalized spacial score (nSPS) is 11.4. The minimum atomic E-state index is -1.11. The van der Waals surface area contributed by atoms with Crippen LogP contribution in [0.2, 0.25) is 0 Å². The molecule has 0 rings (SSSR count). The van der Waals surface area contributed by atoms with E-state index in [-0.39, 0.29) is 17.7 Å². The van der Waals surface area contributed by atoms with Crippen molar-refractivity contribution in [2.75, 3.05) is 11.5 Å². The number of aliphatic carboxylic acids is 2. The predicted octanol–water partition coefficient (Wildman–Crippen LogP) is -0.622. The minimum Gasteiger partial charge on any atom is -0.481 e. The van der Waals surface area contributed by atoms with E-state index in [1.807, 2.05) is 0 Å². The van der Waals surface area contributed by atoms with E-state index in [1.165, 1.54) is 0 Å². The van der Waals surface area contributed by atoms with Crippen LogP contribution in [-0.2, 0) is 9.59 Å². The van der Waals surface area contributed by atoms with Gasteiger partial charge in [-0.05, 0) is 0 Å². The minimum absolute atomic E-state index is 0. The van der Waals surface area contributed by atoms with Crippen LogP contribution in [0.1, 0.15) is 0 Å². The molecule has 0 fully saturated rings. The number of carbonyl (C=O) groups is 2. The lowest BCUT2D eigenvalue weighted by Crippen LogP contribution is -2.32. The summed E-state index contributed by atoms with van der Waals surface area (Å²) in [5.41, 5.74) is 5.09. The first-order chi connectivity index (χ1) is 5.04. The van der Waals surface area contributed by atoms with Crippen LogP contribution >= 0.6 is 11.8 Å². The van der Waals surface area contributed by atoms with Crippen molar-refractivity contribution >= 4 is 23.7 Å². The van der Waals surface area contributed by atoms with Crippen molar-refractivity contribution in [2.24, 2.45) is 5.73 Å². The zero-order valence-electron chi connectivity index (χ0n) is 6.40. The average molecular weight is 196 g/mol. The predicted molar refractivity (Wildman–Crippen MR) is 45.6 cm³/mol. The summed E-state index contributed by atoms with van der Waals surface area (Å²) in [6.45, 7) is 0. The largest absolute Gasteiger partial charge is 0.481 e. The van der Waals surface area contributed by atoms with E-state index < -0.39 is 18.0 Å². The third-order valence-corrected chi connectivity index (χ3v) is 1.89. The summed E-state index contributed by atoms with van der Waals surface area (Å²) in [6, 6.07) is -0.973. The number of hydrogen-bond acceptors (Lipinski definition) is 5. The van der Waals surface area contributed by atoms with Crippen molar-refractivity contribution < 1.29 is 19.8 Å². The van der Waals surface area contributed by atoms with Crippen LogP contribution < -0.4 is 11.9 Å². The Labute approximate surface area is 73.7 Å². The van der Waals surface area contributed by atoms with Gasteiger partial charge in [-0.15, -0.1) is 11.8 Å². The van der Waals surface area contributed by atoms with Crippen LogP contribution in [0.3, 0.4) is 0 Å². The first kappa shape index (κ1) is 13.8. The Morgan fingerprint density at radius 1 is 1.42 bits per heavy atom. The van der Waals surface area contributed by atoms with Gasteiger partial charge < -0.3 is 22.1 Å². The zero-order valence-corrected chi connectivity index (χ0v) is 7.21. The van der Waals surface area contributed by atoms with Crippen LogP contribution in [0.25, 0.3) is 0 Å². The molecule has 6 nitrogen and oxygen atoms in total. The molecule has 12 heavy (non-hydrogen) atoms. The highest BCUT2D eigenvalue weighted by atomic mass is 32.2. The number of thioether (sulfide) groups is 1. The van der Waals surface area contributed by atoms with Gasteiger partial charge >= 0.3 is 11.9 Å². The third kappa shape index (κ3) is 7.32. The molecule has 0 spiro atoms. The maximum atomic E-state index is 10.1. The molecule has 0 radical (unpaired) electrons. The molecule has 0 amide bonds. The summed E-state index contributed by atoms with van der Waals surface area (Å²) in [7, 11) is 0. The molecular formula is C5H12N2O4S. The standard InChI is InChI=1S/C5H9NO4S.H3N/c6-3(5(9)10)1-11-2-4(7)8;/h3H,1-2,6H2,(H,7,8)(H,9,10);1H3/t3-;/m1./s1. The van der Waals surface area contributed by atoms with Crippen LogP contribution in [0.5, 0.6) is 0 Å². The Kier molecular flexibility index (Phi) is 7.91. The summed E-state index contributed by atoms with van der Waals surface area (Å²) in [5, 5.41) is 16.4. The highest BCUT2D eigenvalue weighted by Gasteiger charge is 2.11. The van der Waals surface area contributed by atoms with Gasteiger partial charge in [0.05, 0.1) is 5.75 Å². The van der Waals surface area contributed by atoms with E-state index >= 15 is 0 Å². The second-order valence-electron chi connectivity index (χ2n) is 1.85. The molecule has 0 unspecified atom stereocenters. The Morgan fingerprint density at radius 2 is 1.92 bits per heavy atom. The fraction of sp³-hybridized carbons (Fsp3) is 0.600. The highest BCUT2D eigenvalue weighted by molar-refractivity contribution is 8.00. The zero-order chi connectivity index (χ0) is 8.85. The number of nitrogens with two attached hydrogens (primary N) is 1. The Hall–Kier alpha value is -0.790. The van der Waals surface area contributed by atoms with E-state index in [4.69, 9.17) is 15.9 Å². The van der Waals surface area contributed by atoms with Gasteiger partial charge in [0.15, 0.2) is 0 Å². The Bertz CT molecular complexity index is 164. The van der Waals surface area contributed by atoms with Crippen molar-refractivity contribution in [3.63, 3.8) is 0 Å². The van der Waals surface area contributed by atoms with Gasteiger partial charge in [0.25, 0.3) is 0 Å². The summed E-state index contributed by atoms with van der Waals surface area (Å²) in [5.74, 6) is -2.06. The van der Waals surface area contributed by atoms with Gasteiger partial charge in [-0.1, -0.05) is 0 Å². The van der Waals surface area contributed by atoms with E-state index in [0.29, 0.717) is 0 Å². The van der Waals surface area contributed by atoms with Crippen molar-refractivity contribution in [2.45, 2.75) is 6.04 Å². The van der Waals surface area contributed by atoms with E-state index in [9.17, 15) is 9.59 Å². The maximum absolute atomic E-state index is 10.1. The number of carboxylic acids is 2. The molecule has 0 saturated carbocycles. The molecular weight excluding hydrogens is 184 g/mol. The van der Waals surface area contributed by atoms with E-state index in [2.05, 4.69) is 0 Å². The molecule has 0 aliphatic rings. The van der Waals surface area contributed by atoms with Gasteiger partial charge in [-0.25, -0.2) is 0 Å². The molecule has 0 aromatic rings. The highest BCUT2D eigenvalue weighted by Crippen LogP contribution is 2.00. The van der Waals surface area contributed by atoms with Gasteiger partial charge in [0.2, 0.25) is 0 Å². The van der Waals surface area contributed by atoms with Crippen LogP contribution in [0.15, 0.2) is 0 Å². The van der Waals surface area contributed by atoms with Crippen molar-refractivity contribution in [1.29, 1.82) is 0 Å². The second-order valence-corrected chi connectivity index (χ2v) is 2.88. The van der Waals surface area contributed by atoms with Gasteiger partial charge in [0.1, 0.15) is 6.04 Å². The summed E-state index contributed by atoms with van der Waals surface area (Å²) in [4.78, 5) is 20.0. The quantitative estimate of drug-likeness (QED) is 0.460. The smallest absolute Gasteiger partial charge is 0.321 e. The van der Waals surface area contributed by atoms with E-state index in [0.717, 1.165) is 11.8 Å². The van der Waals surface area contributed by atoms with Crippen molar-refractivity contribution in [3.8, 4) is 0 Å². The first-order valence-corrected chi connectivity index (χ1v) is 3.97. The van der Waals surface area contributed by atoms with Gasteiger partial charge in [0, 0.05) is 5.75 Å². The monoisotopic (exact) mass is 196 g/mol. The fourth-order valence-corrected chi connectivity index (χ4v) is 1.03. The molecule has 72 valence electrons. The van der Waals surface area contributed by atoms with Gasteiger partial charge in [-0.2, -0.15) is 0 Å². The number of hydrogen-bond donors (Lipinski definition) is 4. The van der Waals surface area contributed by atoms with Crippen molar-refractivity contribution in [3.05, 3.63) is 0 Å². The average Bonchev–Trinajstić information content (AvgIpc) is 1.86. The SMILES string of the molecule is N.N[C@H](CSCC(=O)O)C(=O)O. The molecule has 0 heterocycles. The molecule has 1 atom stereocenters. The topological polar surface area (TPSA) is 136 Å². The van der Waals surface area contributed by atoms with Crippen LogP contribution in [0, 0.1) is 0 Å². The third-order valence-electron chi connectivity index (χ3n) is 0.840. The molecule has 0 aromatic heterocycles. The molecule has 7 heteroatoms. The van der Waals surface area contributed by atoms with Crippen LogP contribution in [0.4, 0.5) is 0 Å². The first-order valence-electron chi connectivity index (χ1n) is 2.82. The lowest BCUT2D eigenvalue weighted by molar-refractivity contribution is -0.138. The molecule has 0 aromatic carbocycles. The molecule has 0 aliphatic carbocycles. The lowest BCUT2D eigenvalue weighted by Gasteiger charge is -2.02. The summed E-state index contributed by atoms with van der Waals surface area (Å²) in [6.07, 6.45) is 0. The second kappa shape index (κ2) is 6.89. The Morgan fingerprint density at radius 3 is 2.25 bits per heavy atom. The fourth-order valence-electron chi connectivity index (χ4n) is 0.344. The van der Waals surface area contributed by atoms with Gasteiger partial charge in [-0.3, -0.25) is 9.59 Å². The molecule has 0 aliphatic heterocycles. The Balaban J connectivity index is 0. The molecule has 0 saturated heterocycles. The summed E-state index contributed by atoms with van der Waals surface area (Å²) < 4.78 is 0. The molecule has 0 bridgehead atoms. The van der Waals surface area contributed by atoms with Crippen LogP contribution in [-0.4, -0.2) is 39.7 Å². The number of carboxylic acid groups (broad SMARTS) is 2. The maximum Gasteiger partial charge on any atom is 0.321 e. The van der Waals surface area contributed by atoms with E-state index in [1.54, 1.807) is 0 Å². The number of rotatable bonds is 5. The summed E-state index contributed by atoms with van der Waals surface area (Å²) >= 11 is 0.992. The lowest BCUT2D eigenvalue weighted by atomic mass is 10.4. The molecule has 7 N–H and O–H groups in total.